The second-order valence-electron chi connectivity index (χ2n) is 8.96. The molecule has 176 valence electrons. The van der Waals surface area contributed by atoms with Crippen LogP contribution in [0.5, 0.6) is 5.75 Å². The van der Waals surface area contributed by atoms with Crippen molar-refractivity contribution in [1.82, 2.24) is 0 Å². The Morgan fingerprint density at radius 1 is 0.719 bits per heavy atom. The molecule has 0 aromatic heterocycles. The summed E-state index contributed by atoms with van der Waals surface area (Å²) < 4.78 is 64.5. The van der Waals surface area contributed by atoms with Crippen LogP contribution in [0.15, 0.2) is 24.3 Å². The third-order valence-electron chi connectivity index (χ3n) is 6.82. The fraction of sp³-hybridized carbons (Fsp3) is 0.556. The van der Waals surface area contributed by atoms with Crippen LogP contribution in [0.2, 0.25) is 0 Å². The van der Waals surface area contributed by atoms with Gasteiger partial charge in [-0.05, 0) is 61.6 Å². The van der Waals surface area contributed by atoms with Gasteiger partial charge < -0.3 is 4.74 Å². The van der Waals surface area contributed by atoms with Gasteiger partial charge in [0.2, 0.25) is 5.82 Å². The molecule has 1 nitrogen and oxygen atoms in total. The van der Waals surface area contributed by atoms with Gasteiger partial charge in [0, 0.05) is 11.1 Å². The largest absolute Gasteiger partial charge is 0.490 e. The van der Waals surface area contributed by atoms with Crippen LogP contribution in [0.1, 0.15) is 89.5 Å². The molecule has 2 aromatic carbocycles. The van der Waals surface area contributed by atoms with Gasteiger partial charge >= 0.3 is 0 Å². The summed E-state index contributed by atoms with van der Waals surface area (Å²) >= 11 is 0. The molecule has 3 rings (SSSR count). The second kappa shape index (κ2) is 11.7. The van der Waals surface area contributed by atoms with Crippen LogP contribution in [0.25, 0.3) is 11.1 Å². The van der Waals surface area contributed by atoms with Crippen molar-refractivity contribution in [2.45, 2.75) is 84.0 Å². The molecular formula is C27H34F4O. The van der Waals surface area contributed by atoms with Crippen LogP contribution in [0.4, 0.5) is 17.6 Å². The molecule has 0 spiro atoms. The van der Waals surface area contributed by atoms with E-state index in [1.807, 2.05) is 0 Å². The maximum atomic E-state index is 14.9. The zero-order valence-corrected chi connectivity index (χ0v) is 19.2. The molecule has 0 N–H and O–H groups in total. The van der Waals surface area contributed by atoms with Crippen LogP contribution < -0.4 is 4.74 Å². The lowest BCUT2D eigenvalue weighted by molar-refractivity contribution is 0.285. The van der Waals surface area contributed by atoms with E-state index < -0.39 is 23.3 Å². The molecule has 2 aromatic rings. The molecule has 0 heterocycles. The van der Waals surface area contributed by atoms with E-state index in [0.29, 0.717) is 11.5 Å². The van der Waals surface area contributed by atoms with Gasteiger partial charge in [0.25, 0.3) is 0 Å². The van der Waals surface area contributed by atoms with Crippen LogP contribution in [-0.2, 0) is 0 Å². The molecule has 1 fully saturated rings. The lowest BCUT2D eigenvalue weighted by Crippen LogP contribution is -2.14. The summed E-state index contributed by atoms with van der Waals surface area (Å²) in [5.41, 5.74) is -0.226. The Labute approximate surface area is 189 Å². The van der Waals surface area contributed by atoms with Gasteiger partial charge in [-0.15, -0.1) is 0 Å². The van der Waals surface area contributed by atoms with Gasteiger partial charge in [0.15, 0.2) is 23.2 Å². The molecule has 1 aliphatic carbocycles. The second-order valence-corrected chi connectivity index (χ2v) is 8.96. The summed E-state index contributed by atoms with van der Waals surface area (Å²) in [6.45, 7) is 4.56. The first-order chi connectivity index (χ1) is 15.5. The van der Waals surface area contributed by atoms with E-state index in [2.05, 4.69) is 13.8 Å². The normalized spacial score (nSPS) is 18.7. The van der Waals surface area contributed by atoms with Gasteiger partial charge in [0.1, 0.15) is 0 Å². The van der Waals surface area contributed by atoms with Crippen LogP contribution in [0.3, 0.4) is 0 Å². The highest BCUT2D eigenvalue weighted by molar-refractivity contribution is 5.66. The molecule has 0 aliphatic heterocycles. The summed E-state index contributed by atoms with van der Waals surface area (Å²) in [6.07, 6.45) is 9.82. The van der Waals surface area contributed by atoms with Crippen molar-refractivity contribution in [2.24, 2.45) is 5.92 Å². The van der Waals surface area contributed by atoms with E-state index in [9.17, 15) is 17.6 Å². The number of benzene rings is 2. The smallest absolute Gasteiger partial charge is 0.201 e. The SMILES string of the molecule is CCCCCCCOc1ccc(-c2ccc(C3CCC(CC)CC3)c(F)c2F)c(F)c1F. The van der Waals surface area contributed by atoms with Crippen LogP contribution >= 0.6 is 0 Å². The maximum absolute atomic E-state index is 14.9. The van der Waals surface area contributed by atoms with E-state index in [1.165, 1.54) is 24.3 Å². The van der Waals surface area contributed by atoms with Crippen molar-refractivity contribution in [3.05, 3.63) is 53.1 Å². The van der Waals surface area contributed by atoms with Crippen molar-refractivity contribution in [2.75, 3.05) is 6.61 Å². The highest BCUT2D eigenvalue weighted by Crippen LogP contribution is 2.40. The third kappa shape index (κ3) is 5.65. The Morgan fingerprint density at radius 3 is 2.00 bits per heavy atom. The number of unbranched alkanes of at least 4 members (excludes halogenated alkanes) is 4. The van der Waals surface area contributed by atoms with E-state index in [1.54, 1.807) is 0 Å². The number of hydrogen-bond donors (Lipinski definition) is 0. The predicted molar refractivity (Wildman–Crippen MR) is 121 cm³/mol. The Hall–Kier alpha value is -2.04. The summed E-state index contributed by atoms with van der Waals surface area (Å²) in [4.78, 5) is 0. The van der Waals surface area contributed by atoms with E-state index in [0.717, 1.165) is 64.2 Å². The topological polar surface area (TPSA) is 9.23 Å². The molecular weight excluding hydrogens is 416 g/mol. The van der Waals surface area contributed by atoms with E-state index in [-0.39, 0.29) is 29.4 Å². The Bertz CT molecular complexity index is 888. The lowest BCUT2D eigenvalue weighted by atomic mass is 9.77. The molecule has 32 heavy (non-hydrogen) atoms. The zero-order chi connectivity index (χ0) is 23.1. The molecule has 0 saturated heterocycles. The molecule has 0 unspecified atom stereocenters. The summed E-state index contributed by atoms with van der Waals surface area (Å²) in [6, 6.07) is 5.44. The first-order valence-electron chi connectivity index (χ1n) is 12.1. The molecule has 0 bridgehead atoms. The van der Waals surface area contributed by atoms with Crippen LogP contribution in [-0.4, -0.2) is 6.61 Å². The monoisotopic (exact) mass is 450 g/mol. The van der Waals surface area contributed by atoms with Gasteiger partial charge in [-0.25, -0.2) is 13.2 Å². The quantitative estimate of drug-likeness (QED) is 0.259. The highest BCUT2D eigenvalue weighted by atomic mass is 19.2. The molecule has 1 saturated carbocycles. The third-order valence-corrected chi connectivity index (χ3v) is 6.82. The maximum Gasteiger partial charge on any atom is 0.201 e. The molecule has 0 radical (unpaired) electrons. The Kier molecular flexibility index (Phi) is 9.01. The van der Waals surface area contributed by atoms with Gasteiger partial charge in [-0.3, -0.25) is 0 Å². The van der Waals surface area contributed by atoms with Gasteiger partial charge in [0.05, 0.1) is 6.61 Å². The average Bonchev–Trinajstić information content (AvgIpc) is 2.81. The van der Waals surface area contributed by atoms with E-state index in [4.69, 9.17) is 4.74 Å². The lowest BCUT2D eigenvalue weighted by Gasteiger charge is -2.28. The summed E-state index contributed by atoms with van der Waals surface area (Å²) in [5.74, 6) is -4.05. The molecule has 5 heteroatoms. The van der Waals surface area contributed by atoms with Gasteiger partial charge in [-0.1, -0.05) is 58.1 Å². The van der Waals surface area contributed by atoms with Crippen molar-refractivity contribution in [1.29, 1.82) is 0 Å². The fourth-order valence-corrected chi connectivity index (χ4v) is 4.71. The van der Waals surface area contributed by atoms with Crippen molar-refractivity contribution < 1.29 is 22.3 Å². The minimum atomic E-state index is -1.22. The van der Waals surface area contributed by atoms with Crippen molar-refractivity contribution in [3.63, 3.8) is 0 Å². The minimum Gasteiger partial charge on any atom is -0.490 e. The zero-order valence-electron chi connectivity index (χ0n) is 19.2. The Morgan fingerprint density at radius 2 is 1.34 bits per heavy atom. The van der Waals surface area contributed by atoms with Crippen molar-refractivity contribution in [3.8, 4) is 16.9 Å². The average molecular weight is 451 g/mol. The van der Waals surface area contributed by atoms with E-state index >= 15 is 0 Å². The number of rotatable bonds is 10. The van der Waals surface area contributed by atoms with Crippen molar-refractivity contribution >= 4 is 0 Å². The Balaban J connectivity index is 1.73. The summed E-state index contributed by atoms with van der Waals surface area (Å²) in [5, 5.41) is 0. The summed E-state index contributed by atoms with van der Waals surface area (Å²) in [7, 11) is 0. The number of halogens is 4. The highest BCUT2D eigenvalue weighted by Gasteiger charge is 2.27. The molecule has 0 atom stereocenters. The minimum absolute atomic E-state index is 0.0314. The number of hydrogen-bond acceptors (Lipinski definition) is 1. The fourth-order valence-electron chi connectivity index (χ4n) is 4.71. The predicted octanol–water partition coefficient (Wildman–Crippen LogP) is 8.94. The first kappa shape index (κ1) is 24.6. The van der Waals surface area contributed by atoms with Crippen LogP contribution in [0, 0.1) is 29.2 Å². The standard InChI is InChI=1S/C27H34F4O/c1-3-5-6-7-8-17-32-23-16-15-22(26(30)27(23)31)21-14-13-20(24(28)25(21)29)19-11-9-18(4-2)10-12-19/h13-16,18-19H,3-12,17H2,1-2H3. The van der Waals surface area contributed by atoms with Gasteiger partial charge in [-0.2, -0.15) is 4.39 Å². The number of ether oxygens (including phenoxy) is 1. The first-order valence-corrected chi connectivity index (χ1v) is 12.1. The molecule has 0 amide bonds. The molecule has 1 aliphatic rings.